The first-order chi connectivity index (χ1) is 17.3. The van der Waals surface area contributed by atoms with Crippen LogP contribution in [-0.2, 0) is 16.1 Å². The zero-order valence-corrected chi connectivity index (χ0v) is 20.9. The van der Waals surface area contributed by atoms with E-state index in [9.17, 15) is 4.79 Å². The summed E-state index contributed by atoms with van der Waals surface area (Å²) in [4.78, 5) is 28.7. The van der Waals surface area contributed by atoms with Gasteiger partial charge >= 0.3 is 0 Å². The zero-order chi connectivity index (χ0) is 25.3. The molecule has 12 nitrogen and oxygen atoms in total. The molecule has 12 heteroatoms. The molecule has 1 amide bonds. The summed E-state index contributed by atoms with van der Waals surface area (Å²) in [7, 11) is 1.56. The first-order valence-electron chi connectivity index (χ1n) is 12.0. The van der Waals surface area contributed by atoms with Crippen molar-refractivity contribution in [3.63, 3.8) is 0 Å². The van der Waals surface area contributed by atoms with Crippen molar-refractivity contribution in [3.8, 4) is 5.82 Å². The number of anilines is 2. The molecule has 0 spiro atoms. The van der Waals surface area contributed by atoms with Gasteiger partial charge in [0.05, 0.1) is 24.9 Å². The topological polar surface area (TPSA) is 134 Å². The lowest BCUT2D eigenvalue weighted by atomic mass is 9.93. The van der Waals surface area contributed by atoms with E-state index in [1.807, 2.05) is 49.2 Å². The average molecular weight is 493 g/mol. The summed E-state index contributed by atoms with van der Waals surface area (Å²) in [5.41, 5.74) is 8.12. The Hall–Kier alpha value is -3.61. The van der Waals surface area contributed by atoms with Crippen molar-refractivity contribution >= 4 is 17.7 Å². The Morgan fingerprint density at radius 3 is 2.67 bits per heavy atom. The van der Waals surface area contributed by atoms with Gasteiger partial charge in [0.1, 0.15) is 5.82 Å². The quantitative estimate of drug-likeness (QED) is 0.358. The minimum atomic E-state index is -0.951. The summed E-state index contributed by atoms with van der Waals surface area (Å²) in [6.45, 7) is 7.07. The summed E-state index contributed by atoms with van der Waals surface area (Å²) in [6.07, 6.45) is 4.64. The van der Waals surface area contributed by atoms with E-state index in [4.69, 9.17) is 4.74 Å². The first-order valence-corrected chi connectivity index (χ1v) is 12.0. The van der Waals surface area contributed by atoms with Crippen LogP contribution in [0, 0.1) is 13.8 Å². The molecule has 190 valence electrons. The van der Waals surface area contributed by atoms with Gasteiger partial charge in [0.15, 0.2) is 11.4 Å². The molecular formula is C24H32N10O2. The Morgan fingerprint density at radius 2 is 2.03 bits per heavy atom. The van der Waals surface area contributed by atoms with Gasteiger partial charge < -0.3 is 20.3 Å². The molecule has 4 N–H and O–H groups in total. The van der Waals surface area contributed by atoms with Crippen molar-refractivity contribution < 1.29 is 9.53 Å². The molecule has 36 heavy (non-hydrogen) atoms. The summed E-state index contributed by atoms with van der Waals surface area (Å²) < 4.78 is 7.38. The Bertz CT molecular complexity index is 1220. The molecule has 0 bridgehead atoms. The van der Waals surface area contributed by atoms with Gasteiger partial charge in [-0.3, -0.25) is 10.2 Å². The molecule has 2 atom stereocenters. The number of nitrogens with one attached hydrogen (secondary N) is 4. The normalized spacial score (nSPS) is 20.7. The van der Waals surface area contributed by atoms with E-state index >= 15 is 0 Å². The molecule has 2 fully saturated rings. The molecule has 0 aromatic carbocycles. The first kappa shape index (κ1) is 24.1. The molecule has 0 radical (unpaired) electrons. The van der Waals surface area contributed by atoms with Gasteiger partial charge in [0.25, 0.3) is 5.91 Å². The Morgan fingerprint density at radius 1 is 1.19 bits per heavy atom. The highest BCUT2D eigenvalue weighted by Gasteiger charge is 2.51. The number of aryl methyl sites for hydroxylation is 2. The fourth-order valence-corrected chi connectivity index (χ4v) is 4.38. The predicted octanol–water partition coefficient (Wildman–Crippen LogP) is 0.820. The van der Waals surface area contributed by atoms with Gasteiger partial charge in [0, 0.05) is 43.9 Å². The Labute approximate surface area is 209 Å². The van der Waals surface area contributed by atoms with Gasteiger partial charge in [-0.1, -0.05) is 6.07 Å². The van der Waals surface area contributed by atoms with Crippen LogP contribution < -0.4 is 26.4 Å². The lowest BCUT2D eigenvalue weighted by Crippen LogP contribution is -2.70. The number of hydrazine groups is 1. The Kier molecular flexibility index (Phi) is 6.56. The SMILES string of the molecule is COC1(C(=O)NCc2ccc(-n3ccc(C)n3)nc2)CN(c2nc(C)cc(NC3CC(C)NN3)n2)C1. The van der Waals surface area contributed by atoms with E-state index in [2.05, 4.69) is 48.5 Å². The number of pyridine rings is 1. The summed E-state index contributed by atoms with van der Waals surface area (Å²) in [5, 5.41) is 10.7. The molecule has 5 heterocycles. The van der Waals surface area contributed by atoms with Gasteiger partial charge in [-0.05, 0) is 44.9 Å². The van der Waals surface area contributed by atoms with E-state index < -0.39 is 5.60 Å². The van der Waals surface area contributed by atoms with Gasteiger partial charge in [-0.2, -0.15) is 10.1 Å². The third-order valence-electron chi connectivity index (χ3n) is 6.46. The summed E-state index contributed by atoms with van der Waals surface area (Å²) in [6, 6.07) is 8.03. The lowest BCUT2D eigenvalue weighted by Gasteiger charge is -2.47. The maximum Gasteiger partial charge on any atom is 0.256 e. The number of carbonyl (C=O) groups excluding carboxylic acids is 1. The van der Waals surface area contributed by atoms with Gasteiger partial charge in [-0.15, -0.1) is 0 Å². The molecule has 5 rings (SSSR count). The molecule has 2 aliphatic rings. The number of rotatable bonds is 8. The third-order valence-corrected chi connectivity index (χ3v) is 6.46. The van der Waals surface area contributed by atoms with Crippen LogP contribution in [0.15, 0.2) is 36.7 Å². The van der Waals surface area contributed by atoms with Crippen molar-refractivity contribution in [1.82, 2.24) is 40.9 Å². The maximum absolute atomic E-state index is 13.0. The monoisotopic (exact) mass is 492 g/mol. The van der Waals surface area contributed by atoms with E-state index in [1.165, 1.54) is 0 Å². The third kappa shape index (κ3) is 5.01. The predicted molar refractivity (Wildman–Crippen MR) is 134 cm³/mol. The molecule has 0 aliphatic carbocycles. The highest BCUT2D eigenvalue weighted by Crippen LogP contribution is 2.29. The molecule has 3 aromatic rings. The second-order valence-corrected chi connectivity index (χ2v) is 9.48. The molecule has 0 saturated carbocycles. The Balaban J connectivity index is 1.18. The number of carbonyl (C=O) groups is 1. The van der Waals surface area contributed by atoms with Crippen LogP contribution in [0.3, 0.4) is 0 Å². The number of hydrogen-bond donors (Lipinski definition) is 4. The highest BCUT2D eigenvalue weighted by molar-refractivity contribution is 5.88. The van der Waals surface area contributed by atoms with Crippen molar-refractivity contribution in [2.75, 3.05) is 30.4 Å². The zero-order valence-electron chi connectivity index (χ0n) is 20.9. The van der Waals surface area contributed by atoms with E-state index in [0.29, 0.717) is 31.6 Å². The smallest absolute Gasteiger partial charge is 0.256 e. The van der Waals surface area contributed by atoms with E-state index in [1.54, 1.807) is 18.0 Å². The molecule has 2 unspecified atom stereocenters. The van der Waals surface area contributed by atoms with Crippen LogP contribution in [0.1, 0.15) is 30.3 Å². The highest BCUT2D eigenvalue weighted by atomic mass is 16.5. The van der Waals surface area contributed by atoms with Crippen LogP contribution in [0.25, 0.3) is 5.82 Å². The number of amides is 1. The van der Waals surface area contributed by atoms with Crippen LogP contribution in [-0.4, -0.2) is 68.6 Å². The van der Waals surface area contributed by atoms with Gasteiger partial charge in [-0.25, -0.2) is 20.1 Å². The second-order valence-electron chi connectivity index (χ2n) is 9.48. The number of methoxy groups -OCH3 is 1. The van der Waals surface area contributed by atoms with Crippen LogP contribution in [0.2, 0.25) is 0 Å². The lowest BCUT2D eigenvalue weighted by molar-refractivity contribution is -0.146. The van der Waals surface area contributed by atoms with Crippen molar-refractivity contribution in [2.24, 2.45) is 0 Å². The molecule has 2 aliphatic heterocycles. The summed E-state index contributed by atoms with van der Waals surface area (Å²) in [5.74, 6) is 1.87. The van der Waals surface area contributed by atoms with Crippen molar-refractivity contribution in [2.45, 2.75) is 51.5 Å². The van der Waals surface area contributed by atoms with E-state index in [0.717, 1.165) is 35.0 Å². The minimum Gasteiger partial charge on any atom is -0.365 e. The largest absolute Gasteiger partial charge is 0.365 e. The standard InChI is InChI=1S/C24H32N10O2/c1-15-7-8-34(32-15)21-6-5-18(11-25-21)12-26-22(35)24(36-4)13-33(14-24)23-27-16(2)9-19(29-23)28-20-10-17(3)30-31-20/h5-9,11,17,20,30-31H,10,12-14H2,1-4H3,(H,26,35)(H,27,28,29). The van der Waals surface area contributed by atoms with E-state index in [-0.39, 0.29) is 12.1 Å². The fourth-order valence-electron chi connectivity index (χ4n) is 4.38. The number of hydrogen-bond acceptors (Lipinski definition) is 10. The van der Waals surface area contributed by atoms with Crippen LogP contribution in [0.4, 0.5) is 11.8 Å². The second kappa shape index (κ2) is 9.80. The molecular weight excluding hydrogens is 460 g/mol. The van der Waals surface area contributed by atoms with Crippen molar-refractivity contribution in [1.29, 1.82) is 0 Å². The van der Waals surface area contributed by atoms with Gasteiger partial charge in [0.2, 0.25) is 5.95 Å². The number of aromatic nitrogens is 5. The number of nitrogens with zero attached hydrogens (tertiary/aromatic N) is 6. The molecule has 3 aromatic heterocycles. The molecule has 2 saturated heterocycles. The number of ether oxygens (including phenoxy) is 1. The fraction of sp³-hybridized carbons (Fsp3) is 0.458. The maximum atomic E-state index is 13.0. The summed E-state index contributed by atoms with van der Waals surface area (Å²) >= 11 is 0. The van der Waals surface area contributed by atoms with Crippen molar-refractivity contribution in [3.05, 3.63) is 53.6 Å². The minimum absolute atomic E-state index is 0.0922. The average Bonchev–Trinajstić information content (AvgIpc) is 3.45. The van der Waals surface area contributed by atoms with Crippen LogP contribution >= 0.6 is 0 Å². The van der Waals surface area contributed by atoms with Crippen LogP contribution in [0.5, 0.6) is 0 Å².